The van der Waals surface area contributed by atoms with Crippen LogP contribution in [0.5, 0.6) is 0 Å². The summed E-state index contributed by atoms with van der Waals surface area (Å²) in [4.78, 5) is 14.6. The Labute approximate surface area is 144 Å². The Morgan fingerprint density at radius 2 is 1.71 bits per heavy atom. The highest BCUT2D eigenvalue weighted by molar-refractivity contribution is 5.95. The van der Waals surface area contributed by atoms with Crippen LogP contribution >= 0.6 is 0 Å². The highest BCUT2D eigenvalue weighted by Crippen LogP contribution is 2.43. The van der Waals surface area contributed by atoms with Gasteiger partial charge in [0.15, 0.2) is 0 Å². The number of carbonyl (C=O) groups excluding carboxylic acids is 1. The lowest BCUT2D eigenvalue weighted by Crippen LogP contribution is -2.50. The van der Waals surface area contributed by atoms with Gasteiger partial charge in [0.05, 0.1) is 6.04 Å². The Balaban J connectivity index is 2.05. The number of para-hydroxylation sites is 2. The minimum atomic E-state index is 0.203. The molecule has 24 heavy (non-hydrogen) atoms. The lowest BCUT2D eigenvalue weighted by molar-refractivity contribution is -0.119. The molecule has 1 N–H and O–H groups in total. The van der Waals surface area contributed by atoms with Gasteiger partial charge in [-0.15, -0.1) is 0 Å². The van der Waals surface area contributed by atoms with E-state index in [0.29, 0.717) is 12.3 Å². The first-order chi connectivity index (χ1) is 11.7. The molecule has 0 spiro atoms. The Hall–Kier alpha value is -2.29. The second-order valence-corrected chi connectivity index (χ2v) is 6.50. The van der Waals surface area contributed by atoms with Crippen LogP contribution < -0.4 is 10.2 Å². The maximum Gasteiger partial charge on any atom is 0.226 e. The van der Waals surface area contributed by atoms with E-state index >= 15 is 0 Å². The van der Waals surface area contributed by atoms with Crippen molar-refractivity contribution in [1.29, 1.82) is 0 Å². The number of hydrogen-bond acceptors (Lipinski definition) is 2. The molecule has 126 valence electrons. The summed E-state index contributed by atoms with van der Waals surface area (Å²) in [5, 5.41) is 3.69. The van der Waals surface area contributed by atoms with Gasteiger partial charge in [0.25, 0.3) is 0 Å². The van der Waals surface area contributed by atoms with Gasteiger partial charge < -0.3 is 10.2 Å². The van der Waals surface area contributed by atoms with Crippen LogP contribution in [0.3, 0.4) is 0 Å². The molecular formula is C21H26N2O. The van der Waals surface area contributed by atoms with Crippen molar-refractivity contribution >= 4 is 17.3 Å². The van der Waals surface area contributed by atoms with Crippen molar-refractivity contribution in [3.63, 3.8) is 0 Å². The van der Waals surface area contributed by atoms with E-state index in [1.165, 1.54) is 5.56 Å². The molecule has 0 saturated heterocycles. The number of nitrogens with zero attached hydrogens (tertiary/aromatic N) is 1. The minimum Gasteiger partial charge on any atom is -0.378 e. The minimum absolute atomic E-state index is 0.203. The number of amides is 1. The number of anilines is 2. The first kappa shape index (κ1) is 16.6. The van der Waals surface area contributed by atoms with Gasteiger partial charge in [0.2, 0.25) is 5.91 Å². The molecule has 1 aliphatic heterocycles. The number of fused-ring (bicyclic) bond motifs is 1. The average molecular weight is 322 g/mol. The van der Waals surface area contributed by atoms with Crippen LogP contribution in [0.2, 0.25) is 0 Å². The Kier molecular flexibility index (Phi) is 4.89. The number of hydrogen-bond donors (Lipinski definition) is 1. The standard InChI is InChI=1S/C21H26N2O/c1-4-18-15(3)21(22-16-11-7-6-8-12-16)17-13-9-10-14-19(17)23(18)20(24)5-2/h6-15,18,21-22H,4-5H2,1-3H3. The predicted octanol–water partition coefficient (Wildman–Crippen LogP) is 5.01. The molecule has 2 aromatic carbocycles. The molecular weight excluding hydrogens is 296 g/mol. The van der Waals surface area contributed by atoms with E-state index in [2.05, 4.69) is 49.5 Å². The van der Waals surface area contributed by atoms with Crippen LogP contribution in [0.15, 0.2) is 54.6 Å². The van der Waals surface area contributed by atoms with Gasteiger partial charge in [-0.3, -0.25) is 4.79 Å². The van der Waals surface area contributed by atoms with E-state index in [-0.39, 0.29) is 18.0 Å². The summed E-state index contributed by atoms with van der Waals surface area (Å²) in [6.07, 6.45) is 1.49. The third kappa shape index (κ3) is 2.91. The number of rotatable bonds is 4. The fourth-order valence-electron chi connectivity index (χ4n) is 3.86. The molecule has 3 heteroatoms. The first-order valence-electron chi connectivity index (χ1n) is 8.89. The fourth-order valence-corrected chi connectivity index (χ4v) is 3.86. The molecule has 3 nitrogen and oxygen atoms in total. The zero-order valence-electron chi connectivity index (χ0n) is 14.7. The summed E-state index contributed by atoms with van der Waals surface area (Å²) in [6.45, 7) is 6.36. The number of benzene rings is 2. The molecule has 0 fully saturated rings. The van der Waals surface area contributed by atoms with Crippen LogP contribution in [0, 0.1) is 5.92 Å². The van der Waals surface area contributed by atoms with Gasteiger partial charge in [-0.2, -0.15) is 0 Å². The Bertz CT molecular complexity index is 698. The van der Waals surface area contributed by atoms with E-state index in [4.69, 9.17) is 0 Å². The van der Waals surface area contributed by atoms with Crippen molar-refractivity contribution in [3.8, 4) is 0 Å². The van der Waals surface area contributed by atoms with Crippen LogP contribution in [0.25, 0.3) is 0 Å². The van der Waals surface area contributed by atoms with Crippen molar-refractivity contribution < 1.29 is 4.79 Å². The summed E-state index contributed by atoms with van der Waals surface area (Å²) >= 11 is 0. The van der Waals surface area contributed by atoms with Crippen LogP contribution in [-0.2, 0) is 4.79 Å². The van der Waals surface area contributed by atoms with Gasteiger partial charge in [-0.25, -0.2) is 0 Å². The summed E-state index contributed by atoms with van der Waals surface area (Å²) in [5.74, 6) is 0.542. The van der Waals surface area contributed by atoms with Crippen LogP contribution in [-0.4, -0.2) is 11.9 Å². The lowest BCUT2D eigenvalue weighted by Gasteiger charge is -2.45. The smallest absolute Gasteiger partial charge is 0.226 e. The third-order valence-electron chi connectivity index (χ3n) is 5.08. The second kappa shape index (κ2) is 7.08. The predicted molar refractivity (Wildman–Crippen MR) is 100 cm³/mol. The monoisotopic (exact) mass is 322 g/mol. The molecule has 1 heterocycles. The SMILES string of the molecule is CCC(=O)N1c2ccccc2C(Nc2ccccc2)C(C)C1CC. The number of carbonyl (C=O) groups is 1. The molecule has 2 aromatic rings. The third-order valence-corrected chi connectivity index (χ3v) is 5.08. The largest absolute Gasteiger partial charge is 0.378 e. The van der Waals surface area contributed by atoms with E-state index in [1.807, 2.05) is 36.1 Å². The molecule has 1 amide bonds. The highest BCUT2D eigenvalue weighted by atomic mass is 16.2. The Morgan fingerprint density at radius 3 is 2.38 bits per heavy atom. The molecule has 0 saturated carbocycles. The van der Waals surface area contributed by atoms with E-state index in [1.54, 1.807) is 0 Å². The van der Waals surface area contributed by atoms with Crippen molar-refractivity contribution in [2.75, 3.05) is 10.2 Å². The normalized spacial score (nSPS) is 22.8. The van der Waals surface area contributed by atoms with Crippen molar-refractivity contribution in [1.82, 2.24) is 0 Å². The first-order valence-corrected chi connectivity index (χ1v) is 8.89. The quantitative estimate of drug-likeness (QED) is 0.858. The zero-order valence-corrected chi connectivity index (χ0v) is 14.7. The Morgan fingerprint density at radius 1 is 1.04 bits per heavy atom. The molecule has 0 bridgehead atoms. The van der Waals surface area contributed by atoms with Gasteiger partial charge >= 0.3 is 0 Å². The van der Waals surface area contributed by atoms with Crippen LogP contribution in [0.1, 0.15) is 45.2 Å². The molecule has 3 atom stereocenters. The van der Waals surface area contributed by atoms with Crippen molar-refractivity contribution in [2.24, 2.45) is 5.92 Å². The molecule has 0 aromatic heterocycles. The van der Waals surface area contributed by atoms with E-state index in [0.717, 1.165) is 17.8 Å². The summed E-state index contributed by atoms with van der Waals surface area (Å²) in [5.41, 5.74) is 3.39. The van der Waals surface area contributed by atoms with Gasteiger partial charge in [0.1, 0.15) is 0 Å². The lowest BCUT2D eigenvalue weighted by atomic mass is 9.80. The van der Waals surface area contributed by atoms with Gasteiger partial charge in [-0.1, -0.05) is 57.2 Å². The van der Waals surface area contributed by atoms with Crippen LogP contribution in [0.4, 0.5) is 11.4 Å². The van der Waals surface area contributed by atoms with Gasteiger partial charge in [-0.05, 0) is 30.2 Å². The second-order valence-electron chi connectivity index (χ2n) is 6.50. The van der Waals surface area contributed by atoms with E-state index in [9.17, 15) is 4.79 Å². The molecule has 0 radical (unpaired) electrons. The van der Waals surface area contributed by atoms with Crippen molar-refractivity contribution in [2.45, 2.75) is 45.7 Å². The molecule has 3 unspecified atom stereocenters. The summed E-state index contributed by atoms with van der Waals surface area (Å²) < 4.78 is 0. The number of nitrogens with one attached hydrogen (secondary N) is 1. The van der Waals surface area contributed by atoms with E-state index < -0.39 is 0 Å². The summed E-state index contributed by atoms with van der Waals surface area (Å²) in [6, 6.07) is 19.1. The average Bonchev–Trinajstić information content (AvgIpc) is 2.63. The maximum absolute atomic E-state index is 12.6. The maximum atomic E-state index is 12.6. The molecule has 1 aliphatic rings. The topological polar surface area (TPSA) is 32.3 Å². The molecule has 0 aliphatic carbocycles. The zero-order chi connectivity index (χ0) is 17.1. The van der Waals surface area contributed by atoms with Crippen molar-refractivity contribution in [3.05, 3.63) is 60.2 Å². The fraction of sp³-hybridized carbons (Fsp3) is 0.381. The van der Waals surface area contributed by atoms with Gasteiger partial charge in [0, 0.05) is 29.8 Å². The summed E-state index contributed by atoms with van der Waals surface area (Å²) in [7, 11) is 0. The molecule has 3 rings (SSSR count). The highest BCUT2D eigenvalue weighted by Gasteiger charge is 2.39.